The summed E-state index contributed by atoms with van der Waals surface area (Å²) in [5.41, 5.74) is 3.91. The molecule has 2 aliphatic rings. The van der Waals surface area contributed by atoms with Crippen LogP contribution in [0.3, 0.4) is 0 Å². The molecule has 1 aromatic heterocycles. The molecule has 5 rings (SSSR count). The van der Waals surface area contributed by atoms with E-state index in [1.165, 1.54) is 28.6 Å². The number of carbonyl (C=O) groups is 1. The van der Waals surface area contributed by atoms with Gasteiger partial charge in [0.05, 0.1) is 20.6 Å². The molecule has 0 saturated heterocycles. The summed E-state index contributed by atoms with van der Waals surface area (Å²) in [5, 5.41) is 10.7. The Morgan fingerprint density at radius 2 is 2.07 bits per heavy atom. The van der Waals surface area contributed by atoms with E-state index in [0.29, 0.717) is 29.9 Å². The third-order valence-electron chi connectivity index (χ3n) is 7.14. The third kappa shape index (κ3) is 2.96. The molecule has 0 bridgehead atoms. The Kier molecular flexibility index (Phi) is 4.49. The lowest BCUT2D eigenvalue weighted by atomic mass is 9.71. The maximum absolute atomic E-state index is 14.3. The van der Waals surface area contributed by atoms with Crippen LogP contribution in [0.2, 0.25) is 0 Å². The van der Waals surface area contributed by atoms with Gasteiger partial charge in [-0.1, -0.05) is 25.1 Å². The van der Waals surface area contributed by atoms with Crippen molar-refractivity contribution >= 4 is 27.5 Å². The molecule has 2 aromatic carbocycles. The summed E-state index contributed by atoms with van der Waals surface area (Å²) < 4.78 is 15.5. The van der Waals surface area contributed by atoms with Gasteiger partial charge in [-0.2, -0.15) is 0 Å². The maximum atomic E-state index is 14.3. The fourth-order valence-corrected chi connectivity index (χ4v) is 6.30. The zero-order valence-corrected chi connectivity index (χ0v) is 18.0. The Bertz CT molecular complexity index is 1160. The zero-order chi connectivity index (χ0) is 21.1. The quantitative estimate of drug-likeness (QED) is 0.429. The maximum Gasteiger partial charge on any atom is 0.254 e. The number of fused-ring (bicyclic) bond motifs is 1. The van der Waals surface area contributed by atoms with Crippen LogP contribution in [0, 0.1) is 12.7 Å². The number of halogens is 1. The lowest BCUT2D eigenvalue weighted by Gasteiger charge is -2.32. The number of nitrogens with one attached hydrogen (secondary N) is 1. The molecule has 2 atom stereocenters. The molecule has 0 aliphatic heterocycles. The standard InChI is InChI=1S/C24H25FN2O2S/c1-14-17(4-3-5-18(14)25)24(22(28)27-29)11-10-23(2,13-24)16-8-9-20-19(12-16)26-21(30-20)15-6-7-15/h3-5,8-9,12,15,29H,6-7,10-11,13H2,1-2H3,(H,27,28). The van der Waals surface area contributed by atoms with Crippen molar-refractivity contribution in [2.45, 2.75) is 62.7 Å². The van der Waals surface area contributed by atoms with E-state index in [1.54, 1.807) is 24.3 Å². The summed E-state index contributed by atoms with van der Waals surface area (Å²) >= 11 is 1.78. The second kappa shape index (κ2) is 6.86. The predicted molar refractivity (Wildman–Crippen MR) is 116 cm³/mol. The minimum Gasteiger partial charge on any atom is -0.289 e. The molecule has 2 unspecified atom stereocenters. The van der Waals surface area contributed by atoms with Crippen molar-refractivity contribution in [3.63, 3.8) is 0 Å². The van der Waals surface area contributed by atoms with Crippen LogP contribution in [0.4, 0.5) is 4.39 Å². The van der Waals surface area contributed by atoms with E-state index in [-0.39, 0.29) is 11.2 Å². The number of hydroxylamine groups is 1. The van der Waals surface area contributed by atoms with Gasteiger partial charge in [-0.05, 0) is 79.3 Å². The number of nitrogens with zero attached hydrogens (tertiary/aromatic N) is 1. The largest absolute Gasteiger partial charge is 0.289 e. The Hall–Kier alpha value is -2.31. The molecule has 2 aliphatic carbocycles. The van der Waals surface area contributed by atoms with Crippen molar-refractivity contribution < 1.29 is 14.4 Å². The highest BCUT2D eigenvalue weighted by Crippen LogP contribution is 2.53. The van der Waals surface area contributed by atoms with Crippen LogP contribution in [-0.4, -0.2) is 16.1 Å². The van der Waals surface area contributed by atoms with Crippen molar-refractivity contribution in [3.05, 3.63) is 63.9 Å². The SMILES string of the molecule is Cc1c(F)cccc1C1(C(=O)NO)CCC(C)(c2ccc3sc(C4CC4)nc3c2)C1. The highest BCUT2D eigenvalue weighted by Gasteiger charge is 2.52. The lowest BCUT2D eigenvalue weighted by Crippen LogP contribution is -2.43. The van der Waals surface area contributed by atoms with E-state index in [4.69, 9.17) is 4.98 Å². The Morgan fingerprint density at radius 1 is 1.27 bits per heavy atom. The fourth-order valence-electron chi connectivity index (χ4n) is 5.18. The van der Waals surface area contributed by atoms with Gasteiger partial charge in [-0.15, -0.1) is 11.3 Å². The van der Waals surface area contributed by atoms with Crippen molar-refractivity contribution in [2.75, 3.05) is 0 Å². The third-order valence-corrected chi connectivity index (χ3v) is 8.34. The zero-order valence-electron chi connectivity index (χ0n) is 17.2. The average Bonchev–Trinajstić information content (AvgIpc) is 3.40. The summed E-state index contributed by atoms with van der Waals surface area (Å²) in [5.74, 6) is -0.168. The van der Waals surface area contributed by atoms with Gasteiger partial charge in [-0.25, -0.2) is 14.9 Å². The van der Waals surface area contributed by atoms with E-state index in [9.17, 15) is 14.4 Å². The molecule has 4 nitrogen and oxygen atoms in total. The molecule has 0 radical (unpaired) electrons. The highest BCUT2D eigenvalue weighted by atomic mass is 32.1. The summed E-state index contributed by atoms with van der Waals surface area (Å²) in [7, 11) is 0. The van der Waals surface area contributed by atoms with Crippen LogP contribution < -0.4 is 5.48 Å². The van der Waals surface area contributed by atoms with Crippen LogP contribution in [0.25, 0.3) is 10.2 Å². The van der Waals surface area contributed by atoms with Gasteiger partial charge in [0, 0.05) is 5.92 Å². The first kappa shape index (κ1) is 19.6. The summed E-state index contributed by atoms with van der Waals surface area (Å²) in [6.07, 6.45) is 4.28. The molecule has 156 valence electrons. The van der Waals surface area contributed by atoms with Gasteiger partial charge in [-0.3, -0.25) is 10.0 Å². The molecule has 3 aromatic rings. The smallest absolute Gasteiger partial charge is 0.254 e. The van der Waals surface area contributed by atoms with E-state index >= 15 is 0 Å². The van der Waals surface area contributed by atoms with Crippen molar-refractivity contribution in [2.24, 2.45) is 0 Å². The molecule has 0 spiro atoms. The Labute approximate surface area is 179 Å². The lowest BCUT2D eigenvalue weighted by molar-refractivity contribution is -0.135. The monoisotopic (exact) mass is 424 g/mol. The number of thiazole rings is 1. The van der Waals surface area contributed by atoms with Crippen LogP contribution in [-0.2, 0) is 15.6 Å². The number of aromatic nitrogens is 1. The van der Waals surface area contributed by atoms with Crippen LogP contribution in [0.5, 0.6) is 0 Å². The normalized spacial score (nSPS) is 26.3. The number of hydrogen-bond donors (Lipinski definition) is 2. The van der Waals surface area contributed by atoms with Gasteiger partial charge in [0.25, 0.3) is 5.91 Å². The summed E-state index contributed by atoms with van der Waals surface area (Å²) in [6, 6.07) is 11.3. The van der Waals surface area contributed by atoms with Gasteiger partial charge in [0.15, 0.2) is 0 Å². The molecule has 2 N–H and O–H groups in total. The predicted octanol–water partition coefficient (Wildman–Crippen LogP) is 5.51. The molecule has 2 fully saturated rings. The molecular weight excluding hydrogens is 399 g/mol. The van der Waals surface area contributed by atoms with Gasteiger partial charge >= 0.3 is 0 Å². The average molecular weight is 425 g/mol. The number of carbonyl (C=O) groups excluding carboxylic acids is 1. The minimum atomic E-state index is -0.966. The van der Waals surface area contributed by atoms with E-state index < -0.39 is 11.3 Å². The van der Waals surface area contributed by atoms with Gasteiger partial charge in [0.2, 0.25) is 0 Å². The first-order chi connectivity index (χ1) is 14.4. The first-order valence-corrected chi connectivity index (χ1v) is 11.3. The van der Waals surface area contributed by atoms with E-state index in [2.05, 4.69) is 25.1 Å². The van der Waals surface area contributed by atoms with E-state index in [1.807, 2.05) is 11.5 Å². The Morgan fingerprint density at radius 3 is 2.80 bits per heavy atom. The molecule has 2 saturated carbocycles. The van der Waals surface area contributed by atoms with Gasteiger partial charge < -0.3 is 0 Å². The van der Waals surface area contributed by atoms with Crippen LogP contribution in [0.15, 0.2) is 36.4 Å². The second-order valence-electron chi connectivity index (χ2n) is 9.18. The van der Waals surface area contributed by atoms with Crippen molar-refractivity contribution in [1.82, 2.24) is 10.5 Å². The summed E-state index contributed by atoms with van der Waals surface area (Å²) in [4.78, 5) is 17.8. The number of hydrogen-bond acceptors (Lipinski definition) is 4. The second-order valence-corrected chi connectivity index (χ2v) is 10.2. The topological polar surface area (TPSA) is 62.2 Å². The molecule has 1 amide bonds. The summed E-state index contributed by atoms with van der Waals surface area (Å²) in [6.45, 7) is 3.86. The van der Waals surface area contributed by atoms with Crippen molar-refractivity contribution in [1.29, 1.82) is 0 Å². The number of amides is 1. The molecule has 6 heteroatoms. The highest BCUT2D eigenvalue weighted by molar-refractivity contribution is 7.18. The molecular formula is C24H25FN2O2S. The van der Waals surface area contributed by atoms with Crippen LogP contribution >= 0.6 is 11.3 Å². The fraction of sp³-hybridized carbons (Fsp3) is 0.417. The van der Waals surface area contributed by atoms with Gasteiger partial charge in [0.1, 0.15) is 5.82 Å². The Balaban J connectivity index is 1.56. The molecule has 1 heterocycles. The van der Waals surface area contributed by atoms with Crippen LogP contribution in [0.1, 0.15) is 66.6 Å². The van der Waals surface area contributed by atoms with E-state index in [0.717, 1.165) is 17.5 Å². The first-order valence-electron chi connectivity index (χ1n) is 10.5. The minimum absolute atomic E-state index is 0.275. The number of benzene rings is 2. The number of rotatable bonds is 4. The molecule has 30 heavy (non-hydrogen) atoms. The van der Waals surface area contributed by atoms with Crippen molar-refractivity contribution in [3.8, 4) is 0 Å².